The molecule has 1 N–H and O–H groups in total. The zero-order chi connectivity index (χ0) is 15.8. The molecule has 1 aromatic carbocycles. The van der Waals surface area contributed by atoms with Crippen LogP contribution in [-0.2, 0) is 12.8 Å². The van der Waals surface area contributed by atoms with E-state index in [0.29, 0.717) is 10.9 Å². The fourth-order valence-electron chi connectivity index (χ4n) is 3.36. The molecule has 0 saturated heterocycles. The lowest BCUT2D eigenvalue weighted by Crippen LogP contribution is -2.18. The van der Waals surface area contributed by atoms with Crippen LogP contribution in [0.1, 0.15) is 34.7 Å². The van der Waals surface area contributed by atoms with Gasteiger partial charge in [-0.1, -0.05) is 30.0 Å². The first-order valence-corrected chi connectivity index (χ1v) is 8.89. The second-order valence-corrected chi connectivity index (χ2v) is 6.81. The summed E-state index contributed by atoms with van der Waals surface area (Å²) in [5, 5.41) is 8.75. The van der Waals surface area contributed by atoms with Crippen molar-refractivity contribution in [2.45, 2.75) is 37.8 Å². The summed E-state index contributed by atoms with van der Waals surface area (Å²) >= 11 is 1.38. The Balaban J connectivity index is 1.68. The summed E-state index contributed by atoms with van der Waals surface area (Å²) in [6.07, 6.45) is 4.42. The molecule has 0 bridgehead atoms. The van der Waals surface area contributed by atoms with Gasteiger partial charge in [-0.25, -0.2) is 4.98 Å². The number of rotatable bonds is 3. The number of aromatic nitrogens is 4. The van der Waals surface area contributed by atoms with Crippen molar-refractivity contribution in [1.29, 1.82) is 0 Å². The van der Waals surface area contributed by atoms with Crippen molar-refractivity contribution >= 4 is 28.6 Å². The predicted molar refractivity (Wildman–Crippen MR) is 91.1 cm³/mol. The number of carbonyl (C=O) groups is 1. The van der Waals surface area contributed by atoms with Crippen molar-refractivity contribution in [1.82, 2.24) is 19.7 Å². The Hall–Kier alpha value is -2.08. The van der Waals surface area contributed by atoms with Crippen LogP contribution in [0.2, 0.25) is 0 Å². The van der Waals surface area contributed by atoms with Crippen molar-refractivity contribution in [2.24, 2.45) is 0 Å². The number of aryl methyl sites for hydroxylation is 2. The van der Waals surface area contributed by atoms with Gasteiger partial charge in [-0.15, -0.1) is 5.10 Å². The minimum atomic E-state index is 0.108. The molecule has 0 aliphatic heterocycles. The molecule has 3 aromatic rings. The van der Waals surface area contributed by atoms with E-state index in [9.17, 15) is 4.79 Å². The number of thioether (sulfide) groups is 1. The first kappa shape index (κ1) is 14.5. The minimum Gasteiger partial charge on any atom is -0.283 e. The van der Waals surface area contributed by atoms with E-state index in [2.05, 4.69) is 27.3 Å². The highest BCUT2D eigenvalue weighted by molar-refractivity contribution is 7.99. The molecule has 0 spiro atoms. The fraction of sp³-hybridized carbons (Fsp3) is 0.353. The second kappa shape index (κ2) is 5.85. The summed E-state index contributed by atoms with van der Waals surface area (Å²) in [6.45, 7) is 1.86. The van der Waals surface area contributed by atoms with Crippen LogP contribution in [0, 0.1) is 6.92 Å². The molecule has 5 nitrogen and oxygen atoms in total. The van der Waals surface area contributed by atoms with Gasteiger partial charge in [0.2, 0.25) is 11.1 Å². The molecule has 0 radical (unpaired) electrons. The number of nitrogens with one attached hydrogen (secondary N) is 1. The second-order valence-electron chi connectivity index (χ2n) is 5.87. The summed E-state index contributed by atoms with van der Waals surface area (Å²) in [6, 6.07) is 8.24. The van der Waals surface area contributed by atoms with Crippen LogP contribution in [0.3, 0.4) is 0 Å². The molecule has 0 amide bonds. The summed E-state index contributed by atoms with van der Waals surface area (Å²) in [5.41, 5.74) is 3.60. The predicted octanol–water partition coefficient (Wildman–Crippen LogP) is 3.38. The lowest BCUT2D eigenvalue weighted by atomic mass is 9.96. The normalized spacial score (nSPS) is 14.1. The van der Waals surface area contributed by atoms with E-state index in [1.54, 1.807) is 0 Å². The molecular weight excluding hydrogens is 308 g/mol. The molecule has 0 fully saturated rings. The van der Waals surface area contributed by atoms with E-state index in [0.717, 1.165) is 30.6 Å². The first-order chi connectivity index (χ1) is 11.2. The molecule has 0 atom stereocenters. The van der Waals surface area contributed by atoms with Gasteiger partial charge in [0.1, 0.15) is 5.82 Å². The summed E-state index contributed by atoms with van der Waals surface area (Å²) < 4.78 is 1.93. The Morgan fingerprint density at radius 2 is 2.13 bits per heavy atom. The molecule has 118 valence electrons. The third kappa shape index (κ3) is 2.57. The molecule has 6 heteroatoms. The molecule has 1 aliphatic rings. The van der Waals surface area contributed by atoms with Crippen LogP contribution < -0.4 is 0 Å². The average molecular weight is 326 g/mol. The topological polar surface area (TPSA) is 63.6 Å². The van der Waals surface area contributed by atoms with E-state index >= 15 is 0 Å². The standard InChI is InChI=1S/C17H18N4OS/c1-11-18-17(20-19-11)23-10-16(22)21-14-8-4-2-6-12(14)13-7-3-5-9-15(13)21/h2,4,6,8H,3,5,7,9-10H2,1H3,(H,18,19,20). The number of hydrogen-bond acceptors (Lipinski definition) is 4. The van der Waals surface area contributed by atoms with Crippen molar-refractivity contribution in [2.75, 3.05) is 5.75 Å². The Morgan fingerprint density at radius 1 is 1.30 bits per heavy atom. The maximum absolute atomic E-state index is 12.8. The smallest absolute Gasteiger partial charge is 0.241 e. The van der Waals surface area contributed by atoms with Gasteiger partial charge in [-0.05, 0) is 44.2 Å². The van der Waals surface area contributed by atoms with Gasteiger partial charge in [0.15, 0.2) is 0 Å². The van der Waals surface area contributed by atoms with Crippen LogP contribution in [0.5, 0.6) is 0 Å². The summed E-state index contributed by atoms with van der Waals surface area (Å²) in [4.78, 5) is 17.1. The largest absolute Gasteiger partial charge is 0.283 e. The molecule has 2 heterocycles. The van der Waals surface area contributed by atoms with Crippen molar-refractivity contribution in [3.8, 4) is 0 Å². The molecule has 2 aromatic heterocycles. The number of fused-ring (bicyclic) bond motifs is 3. The highest BCUT2D eigenvalue weighted by atomic mass is 32.2. The van der Waals surface area contributed by atoms with Gasteiger partial charge in [-0.2, -0.15) is 0 Å². The zero-order valence-electron chi connectivity index (χ0n) is 13.0. The molecule has 0 unspecified atom stereocenters. The van der Waals surface area contributed by atoms with Crippen LogP contribution in [0.4, 0.5) is 0 Å². The van der Waals surface area contributed by atoms with Gasteiger partial charge in [-0.3, -0.25) is 14.5 Å². The third-order valence-electron chi connectivity index (χ3n) is 4.33. The van der Waals surface area contributed by atoms with Crippen molar-refractivity contribution in [3.63, 3.8) is 0 Å². The number of H-pyrrole nitrogens is 1. The number of hydrogen-bond donors (Lipinski definition) is 1. The number of para-hydroxylation sites is 1. The first-order valence-electron chi connectivity index (χ1n) is 7.90. The van der Waals surface area contributed by atoms with E-state index in [1.807, 2.05) is 23.6 Å². The van der Waals surface area contributed by atoms with Crippen molar-refractivity contribution in [3.05, 3.63) is 41.3 Å². The van der Waals surface area contributed by atoms with Crippen LogP contribution in [-0.4, -0.2) is 31.4 Å². The monoisotopic (exact) mass is 326 g/mol. The molecule has 4 rings (SSSR count). The highest BCUT2D eigenvalue weighted by Gasteiger charge is 2.23. The zero-order valence-corrected chi connectivity index (χ0v) is 13.8. The van der Waals surface area contributed by atoms with Crippen LogP contribution in [0.25, 0.3) is 10.9 Å². The van der Waals surface area contributed by atoms with Gasteiger partial charge < -0.3 is 0 Å². The quantitative estimate of drug-likeness (QED) is 0.750. The van der Waals surface area contributed by atoms with Crippen LogP contribution in [0.15, 0.2) is 29.4 Å². The van der Waals surface area contributed by atoms with Gasteiger partial charge >= 0.3 is 0 Å². The summed E-state index contributed by atoms with van der Waals surface area (Å²) in [7, 11) is 0. The Labute approximate surface area is 138 Å². The number of aromatic amines is 1. The Kier molecular flexibility index (Phi) is 3.69. The minimum absolute atomic E-state index is 0.108. The van der Waals surface area contributed by atoms with Crippen molar-refractivity contribution < 1.29 is 4.79 Å². The maximum atomic E-state index is 12.8. The van der Waals surface area contributed by atoms with Crippen LogP contribution >= 0.6 is 11.8 Å². The number of nitrogens with zero attached hydrogens (tertiary/aromatic N) is 3. The fourth-order valence-corrected chi connectivity index (χ4v) is 4.05. The summed E-state index contributed by atoms with van der Waals surface area (Å²) in [5.74, 6) is 1.23. The Bertz CT molecular complexity index is 880. The lowest BCUT2D eigenvalue weighted by Gasteiger charge is -2.14. The maximum Gasteiger partial charge on any atom is 0.241 e. The van der Waals surface area contributed by atoms with Gasteiger partial charge in [0, 0.05) is 11.1 Å². The van der Waals surface area contributed by atoms with E-state index in [1.165, 1.54) is 34.8 Å². The Morgan fingerprint density at radius 3 is 2.96 bits per heavy atom. The van der Waals surface area contributed by atoms with Gasteiger partial charge in [0.25, 0.3) is 0 Å². The lowest BCUT2D eigenvalue weighted by molar-refractivity contribution is 0.0943. The average Bonchev–Trinajstić information content (AvgIpc) is 3.14. The number of benzene rings is 1. The third-order valence-corrected chi connectivity index (χ3v) is 5.16. The molecule has 1 aliphatic carbocycles. The molecule has 23 heavy (non-hydrogen) atoms. The van der Waals surface area contributed by atoms with Gasteiger partial charge in [0.05, 0.1) is 11.3 Å². The highest BCUT2D eigenvalue weighted by Crippen LogP contribution is 2.32. The molecular formula is C17H18N4OS. The number of carbonyl (C=O) groups excluding carboxylic acids is 1. The molecule has 0 saturated carbocycles. The SMILES string of the molecule is Cc1nc(SCC(=O)n2c3c(c4ccccc42)CCCC3)n[nH]1. The van der Waals surface area contributed by atoms with E-state index in [-0.39, 0.29) is 5.91 Å². The van der Waals surface area contributed by atoms with E-state index in [4.69, 9.17) is 0 Å². The van der Waals surface area contributed by atoms with E-state index < -0.39 is 0 Å².